The molecule has 3 rings (SSSR count). The van der Waals surface area contributed by atoms with Gasteiger partial charge < -0.3 is 31.5 Å². The first-order valence-corrected chi connectivity index (χ1v) is 8.23. The molecule has 3 fully saturated rings. The van der Waals surface area contributed by atoms with E-state index in [0.29, 0.717) is 0 Å². The summed E-state index contributed by atoms with van der Waals surface area (Å²) in [5.74, 6) is -0.150. The zero-order valence-corrected chi connectivity index (χ0v) is 14.6. The van der Waals surface area contributed by atoms with Crippen LogP contribution in [0, 0.1) is 0 Å². The SMILES string of the molecule is CC(=O)OC1CC[N+]2(CCOCC2)C1.CC1(O)CCCC1.[Cl-]. The zero-order valence-electron chi connectivity index (χ0n) is 13.9. The molecule has 0 amide bonds. The molecule has 22 heavy (non-hydrogen) atoms. The van der Waals surface area contributed by atoms with E-state index in [1.165, 1.54) is 19.8 Å². The highest BCUT2D eigenvalue weighted by atomic mass is 35.5. The van der Waals surface area contributed by atoms with Crippen molar-refractivity contribution in [3.05, 3.63) is 0 Å². The Morgan fingerprint density at radius 1 is 1.23 bits per heavy atom. The van der Waals surface area contributed by atoms with Crippen LogP contribution in [0.15, 0.2) is 0 Å². The fourth-order valence-corrected chi connectivity index (χ4v) is 3.64. The summed E-state index contributed by atoms with van der Waals surface area (Å²) in [6, 6.07) is 0. The minimum atomic E-state index is -0.306. The number of carbonyl (C=O) groups is 1. The van der Waals surface area contributed by atoms with Crippen molar-refractivity contribution in [1.82, 2.24) is 0 Å². The molecule has 0 bridgehead atoms. The molecule has 0 aromatic heterocycles. The number of halogens is 1. The van der Waals surface area contributed by atoms with Crippen molar-refractivity contribution in [3.63, 3.8) is 0 Å². The Kier molecular flexibility index (Phi) is 7.59. The van der Waals surface area contributed by atoms with Crippen molar-refractivity contribution >= 4 is 5.97 Å². The molecule has 130 valence electrons. The average molecular weight is 336 g/mol. The Hall–Kier alpha value is -0.360. The molecular weight excluding hydrogens is 306 g/mol. The molecule has 2 saturated heterocycles. The Morgan fingerprint density at radius 3 is 2.27 bits per heavy atom. The van der Waals surface area contributed by atoms with Gasteiger partial charge in [-0.3, -0.25) is 4.79 Å². The Labute approximate surface area is 140 Å². The maximum absolute atomic E-state index is 10.8. The van der Waals surface area contributed by atoms with Gasteiger partial charge in [0.25, 0.3) is 0 Å². The van der Waals surface area contributed by atoms with E-state index < -0.39 is 0 Å². The van der Waals surface area contributed by atoms with Crippen LogP contribution in [0.3, 0.4) is 0 Å². The molecular formula is C16H30ClNO4. The van der Waals surface area contributed by atoms with E-state index in [2.05, 4.69) is 0 Å². The monoisotopic (exact) mass is 335 g/mol. The van der Waals surface area contributed by atoms with Crippen molar-refractivity contribution in [2.24, 2.45) is 0 Å². The van der Waals surface area contributed by atoms with Crippen molar-refractivity contribution in [2.45, 2.75) is 57.7 Å². The summed E-state index contributed by atoms with van der Waals surface area (Å²) in [5, 5.41) is 9.19. The number of morpholine rings is 1. The summed E-state index contributed by atoms with van der Waals surface area (Å²) in [4.78, 5) is 10.8. The summed E-state index contributed by atoms with van der Waals surface area (Å²) in [6.45, 7) is 9.40. The van der Waals surface area contributed by atoms with Gasteiger partial charge in [0.05, 0.1) is 25.4 Å². The lowest BCUT2D eigenvalue weighted by Gasteiger charge is -2.37. The van der Waals surface area contributed by atoms with Gasteiger partial charge in [0.1, 0.15) is 19.6 Å². The van der Waals surface area contributed by atoms with E-state index >= 15 is 0 Å². The number of hydrogen-bond acceptors (Lipinski definition) is 4. The maximum Gasteiger partial charge on any atom is 0.303 e. The van der Waals surface area contributed by atoms with Crippen LogP contribution in [0.5, 0.6) is 0 Å². The van der Waals surface area contributed by atoms with Crippen molar-refractivity contribution in [3.8, 4) is 0 Å². The molecule has 2 aliphatic heterocycles. The number of esters is 1. The third-order valence-corrected chi connectivity index (χ3v) is 4.95. The van der Waals surface area contributed by atoms with Crippen LogP contribution in [0.25, 0.3) is 0 Å². The summed E-state index contributed by atoms with van der Waals surface area (Å²) >= 11 is 0. The summed E-state index contributed by atoms with van der Waals surface area (Å²) < 4.78 is 11.7. The van der Waals surface area contributed by atoms with Crippen molar-refractivity contribution in [2.75, 3.05) is 39.4 Å². The minimum absolute atomic E-state index is 0. The highest BCUT2D eigenvalue weighted by molar-refractivity contribution is 5.66. The molecule has 0 aromatic carbocycles. The Balaban J connectivity index is 0.000000258. The minimum Gasteiger partial charge on any atom is -1.00 e. The number of aliphatic hydroxyl groups is 1. The van der Waals surface area contributed by atoms with Crippen LogP contribution < -0.4 is 12.4 Å². The van der Waals surface area contributed by atoms with E-state index in [0.717, 1.165) is 63.1 Å². The van der Waals surface area contributed by atoms with Gasteiger partial charge in [0.15, 0.2) is 6.10 Å². The van der Waals surface area contributed by atoms with E-state index in [-0.39, 0.29) is 30.1 Å². The first kappa shape index (κ1) is 19.7. The van der Waals surface area contributed by atoms with Crippen molar-refractivity contribution < 1.29 is 36.3 Å². The quantitative estimate of drug-likeness (QED) is 0.467. The molecule has 1 N–H and O–H groups in total. The van der Waals surface area contributed by atoms with E-state index in [9.17, 15) is 9.90 Å². The van der Waals surface area contributed by atoms with Crippen molar-refractivity contribution in [1.29, 1.82) is 0 Å². The number of ether oxygens (including phenoxy) is 2. The lowest BCUT2D eigenvalue weighted by atomic mass is 10.1. The Morgan fingerprint density at radius 2 is 1.82 bits per heavy atom. The van der Waals surface area contributed by atoms with Crippen LogP contribution in [-0.2, 0) is 14.3 Å². The number of carbonyl (C=O) groups excluding carboxylic acids is 1. The highest BCUT2D eigenvalue weighted by Gasteiger charge is 2.40. The molecule has 5 nitrogen and oxygen atoms in total. The third kappa shape index (κ3) is 6.03. The fraction of sp³-hybridized carbons (Fsp3) is 0.938. The molecule has 1 unspecified atom stereocenters. The molecule has 1 aliphatic carbocycles. The topological polar surface area (TPSA) is 55.8 Å². The predicted molar refractivity (Wildman–Crippen MR) is 79.8 cm³/mol. The van der Waals surface area contributed by atoms with Crippen LogP contribution in [0.1, 0.15) is 46.0 Å². The van der Waals surface area contributed by atoms with Gasteiger partial charge >= 0.3 is 5.97 Å². The first-order valence-electron chi connectivity index (χ1n) is 8.23. The number of nitrogens with zero attached hydrogens (tertiary/aromatic N) is 1. The average Bonchev–Trinajstić information content (AvgIpc) is 2.97. The predicted octanol–water partition coefficient (Wildman–Crippen LogP) is -1.52. The summed E-state index contributed by atoms with van der Waals surface area (Å²) in [6.07, 6.45) is 5.60. The second kappa shape index (κ2) is 8.48. The lowest BCUT2D eigenvalue weighted by molar-refractivity contribution is -0.925. The molecule has 6 heteroatoms. The number of hydrogen-bond donors (Lipinski definition) is 1. The van der Waals surface area contributed by atoms with Crippen LogP contribution in [-0.4, -0.2) is 66.7 Å². The van der Waals surface area contributed by atoms with E-state index in [1.54, 1.807) is 0 Å². The van der Waals surface area contributed by atoms with E-state index in [4.69, 9.17) is 9.47 Å². The molecule has 1 atom stereocenters. The molecule has 1 saturated carbocycles. The molecule has 3 aliphatic rings. The van der Waals surface area contributed by atoms with Gasteiger partial charge in [-0.05, 0) is 19.8 Å². The first-order chi connectivity index (χ1) is 9.91. The van der Waals surface area contributed by atoms with Crippen LogP contribution >= 0.6 is 0 Å². The van der Waals surface area contributed by atoms with Gasteiger partial charge in [0.2, 0.25) is 0 Å². The number of quaternary nitrogens is 1. The zero-order chi connectivity index (χ0) is 15.3. The van der Waals surface area contributed by atoms with Gasteiger partial charge in [-0.25, -0.2) is 0 Å². The Bertz CT molecular complexity index is 348. The lowest BCUT2D eigenvalue weighted by Crippen LogP contribution is -3.00. The fourth-order valence-electron chi connectivity index (χ4n) is 3.64. The van der Waals surface area contributed by atoms with E-state index in [1.807, 2.05) is 6.92 Å². The molecule has 1 spiro atoms. The second-order valence-corrected chi connectivity index (χ2v) is 7.03. The van der Waals surface area contributed by atoms with Gasteiger partial charge in [-0.15, -0.1) is 0 Å². The maximum atomic E-state index is 10.8. The normalized spacial score (nSPS) is 28.4. The smallest absolute Gasteiger partial charge is 0.303 e. The second-order valence-electron chi connectivity index (χ2n) is 7.03. The summed E-state index contributed by atoms with van der Waals surface area (Å²) in [5.41, 5.74) is -0.306. The molecule has 0 aromatic rings. The largest absolute Gasteiger partial charge is 1.00 e. The van der Waals surface area contributed by atoms with Crippen LogP contribution in [0.4, 0.5) is 0 Å². The van der Waals surface area contributed by atoms with Gasteiger partial charge in [0, 0.05) is 13.3 Å². The third-order valence-electron chi connectivity index (χ3n) is 4.95. The highest BCUT2D eigenvalue weighted by Crippen LogP contribution is 2.28. The standard InChI is InChI=1S/C10H18NO3.C6H12O.ClH/c1-9(12)14-10-2-3-11(8-10)4-6-13-7-5-11;1-6(7)4-2-3-5-6;/h10H,2-8H2,1H3;7H,2-5H2,1H3;1H/q+1;;/p-1. The number of rotatable bonds is 1. The van der Waals surface area contributed by atoms with Gasteiger partial charge in [-0.1, -0.05) is 12.8 Å². The summed E-state index contributed by atoms with van der Waals surface area (Å²) in [7, 11) is 0. The van der Waals surface area contributed by atoms with Gasteiger partial charge in [-0.2, -0.15) is 0 Å². The van der Waals surface area contributed by atoms with Crippen LogP contribution in [0.2, 0.25) is 0 Å². The molecule has 2 heterocycles. The molecule has 0 radical (unpaired) electrons.